The predicted octanol–water partition coefficient (Wildman–Crippen LogP) is 6.95. The number of rotatable bonds is 6. The number of aromatic nitrogens is 2. The molecule has 1 N–H and O–H groups in total. The van der Waals surface area contributed by atoms with E-state index >= 15 is 0 Å². The van der Waals surface area contributed by atoms with Gasteiger partial charge in [0.25, 0.3) is 5.56 Å². The highest BCUT2D eigenvalue weighted by Gasteiger charge is 2.30. The van der Waals surface area contributed by atoms with Crippen molar-refractivity contribution in [2.75, 3.05) is 0 Å². The maximum absolute atomic E-state index is 14.4. The Morgan fingerprint density at radius 2 is 2.09 bits per heavy atom. The van der Waals surface area contributed by atoms with E-state index in [2.05, 4.69) is 11.6 Å². The van der Waals surface area contributed by atoms with Gasteiger partial charge in [0.1, 0.15) is 10.7 Å². The second-order valence-corrected chi connectivity index (χ2v) is 9.93. The fourth-order valence-corrected chi connectivity index (χ4v) is 5.47. The van der Waals surface area contributed by atoms with E-state index in [0.717, 1.165) is 35.8 Å². The third-order valence-electron chi connectivity index (χ3n) is 5.93. The van der Waals surface area contributed by atoms with Crippen LogP contribution in [0.25, 0.3) is 31.7 Å². The van der Waals surface area contributed by atoms with Gasteiger partial charge in [-0.15, -0.1) is 11.3 Å². The summed E-state index contributed by atoms with van der Waals surface area (Å²) in [5.74, 6) is -1.74. The van der Waals surface area contributed by atoms with Crippen molar-refractivity contribution in [2.24, 2.45) is 4.99 Å². The van der Waals surface area contributed by atoms with Crippen LogP contribution in [0, 0.1) is 11.6 Å². The summed E-state index contributed by atoms with van der Waals surface area (Å²) in [7, 11) is 0. The van der Waals surface area contributed by atoms with Gasteiger partial charge in [-0.2, -0.15) is 0 Å². The number of hydrogen-bond acceptors (Lipinski definition) is 5. The van der Waals surface area contributed by atoms with Crippen molar-refractivity contribution in [1.29, 1.82) is 0 Å². The second-order valence-electron chi connectivity index (χ2n) is 8.52. The molecule has 0 atom stereocenters. The third kappa shape index (κ3) is 4.17. The molecule has 1 saturated carbocycles. The summed E-state index contributed by atoms with van der Waals surface area (Å²) in [4.78, 5) is 23.1. The lowest BCUT2D eigenvalue weighted by molar-refractivity contribution is 0.483. The highest BCUT2D eigenvalue weighted by atomic mass is 35.5. The van der Waals surface area contributed by atoms with Crippen molar-refractivity contribution >= 4 is 49.5 Å². The molecule has 2 heterocycles. The van der Waals surface area contributed by atoms with Crippen molar-refractivity contribution in [2.45, 2.75) is 32.2 Å². The first-order chi connectivity index (χ1) is 16.8. The summed E-state index contributed by atoms with van der Waals surface area (Å²) in [5.41, 5.74) is 1.40. The Balaban J connectivity index is 1.84. The van der Waals surface area contributed by atoms with Crippen molar-refractivity contribution in [3.8, 4) is 17.1 Å². The minimum Gasteiger partial charge on any atom is -0.505 e. The maximum atomic E-state index is 14.4. The summed E-state index contributed by atoms with van der Waals surface area (Å²) in [5, 5.41) is 11.5. The topological polar surface area (TPSA) is 67.5 Å². The molecule has 0 bridgehead atoms. The van der Waals surface area contributed by atoms with Crippen molar-refractivity contribution in [3.05, 3.63) is 81.3 Å². The number of hydrogen-bond donors (Lipinski definition) is 1. The van der Waals surface area contributed by atoms with Crippen LogP contribution in [-0.4, -0.2) is 20.9 Å². The van der Waals surface area contributed by atoms with Gasteiger partial charge in [0.05, 0.1) is 21.7 Å². The van der Waals surface area contributed by atoms with E-state index in [1.165, 1.54) is 29.0 Å². The van der Waals surface area contributed by atoms with E-state index in [4.69, 9.17) is 16.6 Å². The molecule has 2 aromatic carbocycles. The molecular formula is C26H20ClF2N3O2S. The largest absolute Gasteiger partial charge is 0.505 e. The average molecular weight is 512 g/mol. The second kappa shape index (κ2) is 9.02. The van der Waals surface area contributed by atoms with E-state index in [1.807, 2.05) is 6.92 Å². The van der Waals surface area contributed by atoms with Crippen LogP contribution in [0.1, 0.15) is 31.2 Å². The molecule has 5 rings (SSSR count). The lowest BCUT2D eigenvalue weighted by Gasteiger charge is -2.16. The van der Waals surface area contributed by atoms with E-state index in [9.17, 15) is 18.7 Å². The van der Waals surface area contributed by atoms with Gasteiger partial charge in [0.15, 0.2) is 17.4 Å². The van der Waals surface area contributed by atoms with Crippen LogP contribution in [0.4, 0.5) is 8.78 Å². The molecule has 35 heavy (non-hydrogen) atoms. The first-order valence-electron chi connectivity index (χ1n) is 10.9. The molecule has 5 nitrogen and oxygen atoms in total. The highest BCUT2D eigenvalue weighted by Crippen LogP contribution is 2.46. The first-order valence-corrected chi connectivity index (χ1v) is 12.1. The zero-order valence-electron chi connectivity index (χ0n) is 18.7. The Bertz CT molecular complexity index is 1630. The van der Waals surface area contributed by atoms with Gasteiger partial charge < -0.3 is 5.11 Å². The van der Waals surface area contributed by atoms with E-state index in [0.29, 0.717) is 31.4 Å². The van der Waals surface area contributed by atoms with Gasteiger partial charge in [0, 0.05) is 23.4 Å². The lowest BCUT2D eigenvalue weighted by atomic mass is 10.0. The molecule has 4 aromatic rings. The van der Waals surface area contributed by atoms with Crippen LogP contribution in [0.3, 0.4) is 0 Å². The van der Waals surface area contributed by atoms with Crippen molar-refractivity contribution in [3.63, 3.8) is 0 Å². The number of nitrogens with zero attached hydrogens (tertiary/aromatic N) is 3. The van der Waals surface area contributed by atoms with Gasteiger partial charge in [-0.1, -0.05) is 30.3 Å². The number of phenols is 1. The Labute approximate surface area is 208 Å². The van der Waals surface area contributed by atoms with E-state index in [-0.39, 0.29) is 34.6 Å². The summed E-state index contributed by atoms with van der Waals surface area (Å²) >= 11 is 7.22. The summed E-state index contributed by atoms with van der Waals surface area (Å²) in [6.07, 6.45) is 6.37. The average Bonchev–Trinajstić information content (AvgIpc) is 3.60. The minimum absolute atomic E-state index is 0.0836. The first kappa shape index (κ1) is 23.4. The molecule has 2 aromatic heterocycles. The van der Waals surface area contributed by atoms with Crippen LogP contribution < -0.4 is 5.56 Å². The standard InChI is InChI=1S/C26H20ClF2N3O2S/c1-3-8-30-11-13(2)12-32-24(17-10-20(29)19(28)9-16(17)14-4-5-14)31-25-21(26(32)34)15-6-7-18(27)22(33)23(15)35-25/h3,6-11,14,33H,1,4-5,12H2,2H3/b13-11+,30-8?. The van der Waals surface area contributed by atoms with Gasteiger partial charge in [-0.25, -0.2) is 13.8 Å². The summed E-state index contributed by atoms with van der Waals surface area (Å²) in [6, 6.07) is 5.52. The molecule has 1 fully saturated rings. The zero-order chi connectivity index (χ0) is 24.9. The number of benzene rings is 2. The molecule has 0 unspecified atom stereocenters. The molecule has 9 heteroatoms. The van der Waals surface area contributed by atoms with Crippen LogP contribution in [0.2, 0.25) is 5.02 Å². The predicted molar refractivity (Wildman–Crippen MR) is 138 cm³/mol. The quantitative estimate of drug-likeness (QED) is 0.285. The fraction of sp³-hybridized carbons (Fsp3) is 0.192. The SMILES string of the molecule is C=CC=N/C=C(\C)Cn1c(-c2cc(F)c(F)cc2C2CC2)nc2sc3c(O)c(Cl)ccc3c2c1=O. The molecule has 178 valence electrons. The van der Waals surface area contributed by atoms with Gasteiger partial charge in [0.2, 0.25) is 0 Å². The van der Waals surface area contributed by atoms with Crippen LogP contribution in [0.5, 0.6) is 5.75 Å². The Kier molecular flexibility index (Phi) is 6.02. The summed E-state index contributed by atoms with van der Waals surface area (Å²) < 4.78 is 30.5. The molecule has 0 saturated heterocycles. The fourth-order valence-electron chi connectivity index (χ4n) is 4.14. The monoisotopic (exact) mass is 511 g/mol. The van der Waals surface area contributed by atoms with Crippen LogP contribution >= 0.6 is 22.9 Å². The number of phenolic OH excluding ortho intramolecular Hbond substituents is 1. The highest BCUT2D eigenvalue weighted by molar-refractivity contribution is 7.25. The Morgan fingerprint density at radius 1 is 1.34 bits per heavy atom. The molecule has 0 radical (unpaired) electrons. The van der Waals surface area contributed by atoms with Gasteiger partial charge in [-0.05, 0) is 55.0 Å². The minimum atomic E-state index is -1.01. The number of thiophene rings is 1. The van der Waals surface area contributed by atoms with Gasteiger partial charge in [-0.3, -0.25) is 14.4 Å². The molecule has 0 amide bonds. The van der Waals surface area contributed by atoms with Gasteiger partial charge >= 0.3 is 0 Å². The zero-order valence-corrected chi connectivity index (χ0v) is 20.3. The third-order valence-corrected chi connectivity index (χ3v) is 7.34. The molecular weight excluding hydrogens is 492 g/mol. The smallest absolute Gasteiger partial charge is 0.263 e. The molecule has 0 aliphatic heterocycles. The Morgan fingerprint density at radius 3 is 2.80 bits per heavy atom. The van der Waals surface area contributed by atoms with E-state index in [1.54, 1.807) is 12.3 Å². The summed E-state index contributed by atoms with van der Waals surface area (Å²) in [6.45, 7) is 5.53. The molecule has 1 aliphatic rings. The lowest BCUT2D eigenvalue weighted by Crippen LogP contribution is -2.24. The number of halogens is 3. The Hall–Kier alpha value is -3.36. The van der Waals surface area contributed by atoms with Crippen LogP contribution in [0.15, 0.2) is 58.5 Å². The number of fused-ring (bicyclic) bond motifs is 3. The number of aromatic hydroxyl groups is 1. The van der Waals surface area contributed by atoms with Crippen molar-refractivity contribution in [1.82, 2.24) is 9.55 Å². The normalized spacial score (nSPS) is 14.5. The molecule has 0 spiro atoms. The number of allylic oxidation sites excluding steroid dienone is 2. The maximum Gasteiger partial charge on any atom is 0.263 e. The van der Waals surface area contributed by atoms with Crippen LogP contribution in [-0.2, 0) is 6.54 Å². The van der Waals surface area contributed by atoms with Crippen molar-refractivity contribution < 1.29 is 13.9 Å². The molecule has 1 aliphatic carbocycles. The number of aliphatic imine (C=N–C) groups is 1. The van der Waals surface area contributed by atoms with E-state index < -0.39 is 11.6 Å².